The van der Waals surface area contributed by atoms with Gasteiger partial charge in [-0.3, -0.25) is 4.57 Å². The van der Waals surface area contributed by atoms with Gasteiger partial charge in [0.25, 0.3) is 0 Å². The average Bonchev–Trinajstić information content (AvgIpc) is 3.72. The zero-order chi connectivity index (χ0) is 34.5. The molecule has 0 saturated carbocycles. The Morgan fingerprint density at radius 3 is 2.12 bits per heavy atom. The molecule has 0 radical (unpaired) electrons. The normalized spacial score (nSPS) is 12.7. The number of pyridine rings is 1. The molecule has 6 aromatic carbocycles. The van der Waals surface area contributed by atoms with Crippen molar-refractivity contribution in [3.05, 3.63) is 170 Å². The second-order valence-corrected chi connectivity index (χ2v) is 12.9. The van der Waals surface area contributed by atoms with Crippen molar-refractivity contribution >= 4 is 44.6 Å². The van der Waals surface area contributed by atoms with Crippen molar-refractivity contribution in [1.29, 1.82) is 0 Å². The third-order valence-electron chi connectivity index (χ3n) is 8.91. The Bertz CT molecular complexity index is 2730. The quantitative estimate of drug-likeness (QED) is 0.170. The molecule has 48 heavy (non-hydrogen) atoms. The third-order valence-corrected chi connectivity index (χ3v) is 9.89. The van der Waals surface area contributed by atoms with E-state index < -0.39 is 6.98 Å². The van der Waals surface area contributed by atoms with E-state index in [1.54, 1.807) is 18.1 Å². The smallest absolute Gasteiger partial charge is 0.191 e. The molecule has 0 spiro atoms. The maximum atomic E-state index is 8.08. The molecule has 0 N–H and O–H groups in total. The van der Waals surface area contributed by atoms with Crippen molar-refractivity contribution < 1.29 is 4.11 Å². The lowest BCUT2D eigenvalue weighted by Gasteiger charge is -2.13. The van der Waals surface area contributed by atoms with Crippen LogP contribution in [0.4, 0.5) is 0 Å². The molecule has 0 aliphatic rings. The van der Waals surface area contributed by atoms with Crippen LogP contribution in [-0.4, -0.2) is 18.7 Å². The van der Waals surface area contributed by atoms with Gasteiger partial charge in [0.2, 0.25) is 0 Å². The van der Waals surface area contributed by atoms with Crippen molar-refractivity contribution in [3.63, 3.8) is 0 Å². The van der Waals surface area contributed by atoms with Gasteiger partial charge in [0.1, 0.15) is 11.5 Å². The lowest BCUT2D eigenvalue weighted by molar-refractivity contribution is 0.909. The van der Waals surface area contributed by atoms with Gasteiger partial charge in [-0.1, -0.05) is 90.6 Å². The second-order valence-electron chi connectivity index (χ2n) is 11.8. The molecule has 0 unspecified atom stereocenters. The topological polar surface area (TPSA) is 27.7 Å². The Labute approximate surface area is 287 Å². The molecule has 5 heteroatoms. The summed E-state index contributed by atoms with van der Waals surface area (Å²) in [7, 11) is 0. The molecule has 0 aliphatic carbocycles. The van der Waals surface area contributed by atoms with Gasteiger partial charge in [-0.25, -0.2) is 9.55 Å². The number of hydrogen-bond donors (Lipinski definition) is 0. The minimum Gasteiger partial charge on any atom is -0.294 e. The molecule has 9 aromatic rings. The van der Waals surface area contributed by atoms with Crippen molar-refractivity contribution in [2.75, 3.05) is 0 Å². The molecule has 9 rings (SSSR count). The van der Waals surface area contributed by atoms with E-state index in [9.17, 15) is 0 Å². The van der Waals surface area contributed by atoms with Gasteiger partial charge in [-0.15, -0.1) is 0 Å². The number of hydrogen-bond acceptors (Lipinski definition) is 2. The fourth-order valence-electron chi connectivity index (χ4n) is 6.72. The summed E-state index contributed by atoms with van der Waals surface area (Å²) < 4.78 is 29.8. The Morgan fingerprint density at radius 2 is 1.27 bits per heavy atom. The largest absolute Gasteiger partial charge is 0.294 e. The van der Waals surface area contributed by atoms with Crippen LogP contribution in [0.3, 0.4) is 0 Å². The highest BCUT2D eigenvalue weighted by atomic mass is 32.2. The molecular formula is C43H31N4S+. The highest BCUT2D eigenvalue weighted by molar-refractivity contribution is 7.99. The lowest BCUT2D eigenvalue weighted by atomic mass is 9.95. The summed E-state index contributed by atoms with van der Waals surface area (Å²) in [6, 6.07) is 54.2. The van der Waals surface area contributed by atoms with Gasteiger partial charge in [0.15, 0.2) is 17.4 Å². The molecule has 228 valence electrons. The van der Waals surface area contributed by atoms with Gasteiger partial charge in [0, 0.05) is 62.1 Å². The lowest BCUT2D eigenvalue weighted by Crippen LogP contribution is -1.98. The number of aryl methyl sites for hydroxylation is 1. The Morgan fingerprint density at radius 1 is 0.562 bits per heavy atom. The highest BCUT2D eigenvalue weighted by Gasteiger charge is 2.17. The van der Waals surface area contributed by atoms with E-state index in [4.69, 9.17) is 9.10 Å². The average molecular weight is 639 g/mol. The molecule has 0 aliphatic heterocycles. The molecule has 0 saturated heterocycles. The van der Waals surface area contributed by atoms with E-state index in [0.29, 0.717) is 5.52 Å². The Balaban J connectivity index is 1.13. The van der Waals surface area contributed by atoms with Crippen LogP contribution in [0, 0.1) is 0 Å². The Hall–Kier alpha value is -5.91. The van der Waals surface area contributed by atoms with E-state index >= 15 is 0 Å². The van der Waals surface area contributed by atoms with Crippen LogP contribution >= 0.6 is 11.8 Å². The predicted octanol–water partition coefficient (Wildman–Crippen LogP) is 11.2. The summed E-state index contributed by atoms with van der Waals surface area (Å²) >= 11 is 1.68. The van der Waals surface area contributed by atoms with Gasteiger partial charge >= 0.3 is 0 Å². The van der Waals surface area contributed by atoms with E-state index in [1.165, 1.54) is 21.1 Å². The minimum absolute atomic E-state index is 0.662. The fraction of sp³-hybridized carbons (Fsp3) is 0.0233. The van der Waals surface area contributed by atoms with E-state index in [2.05, 4.69) is 120 Å². The standard InChI is InChI=1S/C43H31N4S/c1-45-29-46(41-21-10-9-20-40(41)45)32-14-11-15-33(27-32)48-34-22-23-38-37-18-7-8-19-39(37)47(42(38)28-34)43-26-31(24-25-44-43)36-17-6-5-16-35(36)30-12-3-2-4-13-30/h2-29H,1H3/q+1/i1D3. The summed E-state index contributed by atoms with van der Waals surface area (Å²) in [5.74, 6) is 0.854. The molecule has 3 heterocycles. The number of imidazole rings is 1. The summed E-state index contributed by atoms with van der Waals surface area (Å²) in [5.41, 5.74) is 9.18. The predicted molar refractivity (Wildman–Crippen MR) is 200 cm³/mol. The number of aromatic nitrogens is 4. The number of para-hydroxylation sites is 3. The molecule has 0 fully saturated rings. The first-order valence-electron chi connectivity index (χ1n) is 17.4. The van der Waals surface area contributed by atoms with Crippen LogP contribution in [-0.2, 0) is 6.98 Å². The zero-order valence-corrected chi connectivity index (χ0v) is 26.7. The van der Waals surface area contributed by atoms with Crippen molar-refractivity contribution in [2.24, 2.45) is 6.98 Å². The summed E-state index contributed by atoms with van der Waals surface area (Å²) in [5, 5.41) is 2.33. The second kappa shape index (κ2) is 11.7. The number of fused-ring (bicyclic) bond motifs is 4. The Kier molecular flexibility index (Phi) is 6.15. The van der Waals surface area contributed by atoms with E-state index in [0.717, 1.165) is 54.4 Å². The SMILES string of the molecule is [2H]C([2H])([2H])n1[cH+]n(-c2cccc(Sc3ccc4c5ccccc5n(-c5cc(-c6ccccc6-c6ccccc6)ccn5)c4c3)c2)c2ccccc21. The first-order chi connectivity index (χ1) is 24.9. The molecule has 0 bridgehead atoms. The van der Waals surface area contributed by atoms with Crippen molar-refractivity contribution in [2.45, 2.75) is 9.79 Å². The first-order valence-corrected chi connectivity index (χ1v) is 16.7. The van der Waals surface area contributed by atoms with E-state index in [1.807, 2.05) is 53.2 Å². The van der Waals surface area contributed by atoms with Crippen molar-refractivity contribution in [1.82, 2.24) is 18.7 Å². The molecular weight excluding hydrogens is 605 g/mol. The highest BCUT2D eigenvalue weighted by Crippen LogP contribution is 2.38. The summed E-state index contributed by atoms with van der Waals surface area (Å²) in [6.45, 7) is -2.29. The third kappa shape index (κ3) is 4.88. The monoisotopic (exact) mass is 638 g/mol. The van der Waals surface area contributed by atoms with Gasteiger partial charge < -0.3 is 0 Å². The fourth-order valence-corrected chi connectivity index (χ4v) is 7.63. The number of nitrogens with zero attached hydrogens (tertiary/aromatic N) is 4. The maximum absolute atomic E-state index is 8.08. The minimum atomic E-state index is -2.29. The van der Waals surface area contributed by atoms with Crippen LogP contribution in [0.5, 0.6) is 0 Å². The zero-order valence-electron chi connectivity index (χ0n) is 28.9. The van der Waals surface area contributed by atoms with Crippen LogP contribution < -0.4 is 0 Å². The molecule has 3 aromatic heterocycles. The van der Waals surface area contributed by atoms with Gasteiger partial charge in [-0.2, -0.15) is 4.57 Å². The van der Waals surface area contributed by atoms with Crippen LogP contribution in [0.1, 0.15) is 4.11 Å². The molecule has 0 amide bonds. The van der Waals surface area contributed by atoms with Crippen LogP contribution in [0.15, 0.2) is 180 Å². The number of rotatable bonds is 6. The first kappa shape index (κ1) is 25.2. The summed E-state index contributed by atoms with van der Waals surface area (Å²) in [4.78, 5) is 7.06. The summed E-state index contributed by atoms with van der Waals surface area (Å²) in [6.07, 6.45) is 3.57. The van der Waals surface area contributed by atoms with Gasteiger partial charge in [-0.05, 0) is 76.9 Å². The number of benzene rings is 6. The molecule has 4 nitrogen and oxygen atoms in total. The van der Waals surface area contributed by atoms with Crippen molar-refractivity contribution in [3.8, 4) is 33.8 Å². The van der Waals surface area contributed by atoms with Crippen LogP contribution in [0.25, 0.3) is 66.6 Å². The van der Waals surface area contributed by atoms with Gasteiger partial charge in [0.05, 0.1) is 11.0 Å². The maximum Gasteiger partial charge on any atom is 0.191 e. The van der Waals surface area contributed by atoms with Crippen LogP contribution in [0.2, 0.25) is 0 Å². The molecule has 0 atom stereocenters. The van der Waals surface area contributed by atoms with E-state index in [-0.39, 0.29) is 0 Å².